The molecule has 0 unspecified atom stereocenters. The van der Waals surface area contributed by atoms with Crippen molar-refractivity contribution in [2.45, 2.75) is 25.9 Å². The first-order chi connectivity index (χ1) is 12.0. The summed E-state index contributed by atoms with van der Waals surface area (Å²) < 4.78 is 5.45. The second-order valence-corrected chi connectivity index (χ2v) is 5.61. The minimum Gasteiger partial charge on any atom is -0.508 e. The molecule has 6 heteroatoms. The van der Waals surface area contributed by atoms with Crippen molar-refractivity contribution in [3.63, 3.8) is 0 Å². The fourth-order valence-corrected chi connectivity index (χ4v) is 2.32. The van der Waals surface area contributed by atoms with Gasteiger partial charge in [0.05, 0.1) is 0 Å². The number of aliphatic hydroxyl groups is 1. The van der Waals surface area contributed by atoms with E-state index in [0.717, 1.165) is 5.56 Å². The van der Waals surface area contributed by atoms with Crippen LogP contribution >= 0.6 is 0 Å². The molecular weight excluding hydrogens is 322 g/mol. The summed E-state index contributed by atoms with van der Waals surface area (Å²) in [4.78, 5) is 23.4. The molecule has 132 valence electrons. The minimum absolute atomic E-state index is 0.00787. The molecule has 1 amide bonds. The molecule has 1 atom stereocenters. The molecule has 6 nitrogen and oxygen atoms in total. The van der Waals surface area contributed by atoms with E-state index in [1.54, 1.807) is 36.4 Å². The number of hydrogen-bond acceptors (Lipinski definition) is 5. The van der Waals surface area contributed by atoms with Crippen LogP contribution in [-0.4, -0.2) is 28.7 Å². The number of phenolic OH excluding ortho intramolecular Hbond substituents is 1. The predicted molar refractivity (Wildman–Crippen MR) is 93.7 cm³/mol. The topological polar surface area (TPSA) is 95.9 Å². The number of anilines is 1. The van der Waals surface area contributed by atoms with Crippen LogP contribution < -0.4 is 5.32 Å². The van der Waals surface area contributed by atoms with E-state index in [4.69, 9.17) is 9.84 Å². The Hall–Kier alpha value is -2.86. The Labute approximate surface area is 146 Å². The average molecular weight is 343 g/mol. The SMILES string of the molecule is CC(=O)c1ccc(NC(=O)O[C@H](CCCO)c2ccc(O)cc2)cc1. The number of hydrogen-bond donors (Lipinski definition) is 3. The number of phenols is 1. The van der Waals surface area contributed by atoms with Gasteiger partial charge in [0.2, 0.25) is 0 Å². The summed E-state index contributed by atoms with van der Waals surface area (Å²) >= 11 is 0. The Balaban J connectivity index is 2.03. The number of rotatable bonds is 7. The van der Waals surface area contributed by atoms with Crippen LogP contribution in [0.3, 0.4) is 0 Å². The number of ether oxygens (including phenoxy) is 1. The maximum absolute atomic E-state index is 12.1. The molecule has 0 radical (unpaired) electrons. The standard InChI is InChI=1S/C19H21NO5/c1-13(22)14-4-8-16(9-5-14)20-19(24)25-18(3-2-12-21)15-6-10-17(23)11-7-15/h4-11,18,21,23H,2-3,12H2,1H3,(H,20,24)/t18-/m1/s1. The number of carbonyl (C=O) groups excluding carboxylic acids is 2. The highest BCUT2D eigenvalue weighted by Gasteiger charge is 2.17. The van der Waals surface area contributed by atoms with Crippen LogP contribution in [0.5, 0.6) is 5.75 Å². The van der Waals surface area contributed by atoms with Crippen molar-refractivity contribution in [2.24, 2.45) is 0 Å². The first-order valence-electron chi connectivity index (χ1n) is 7.98. The first kappa shape index (κ1) is 18.5. The molecule has 2 aromatic rings. The summed E-state index contributed by atoms with van der Waals surface area (Å²) in [5.41, 5.74) is 1.80. The maximum atomic E-state index is 12.1. The van der Waals surface area contributed by atoms with Gasteiger partial charge in [-0.2, -0.15) is 0 Å². The van der Waals surface area contributed by atoms with Gasteiger partial charge in [-0.3, -0.25) is 10.1 Å². The second kappa shape index (κ2) is 8.84. The third kappa shape index (κ3) is 5.61. The normalized spacial score (nSPS) is 11.6. The molecule has 2 rings (SSSR count). The summed E-state index contributed by atoms with van der Waals surface area (Å²) in [6, 6.07) is 12.9. The fourth-order valence-electron chi connectivity index (χ4n) is 2.32. The molecule has 0 aromatic heterocycles. The number of nitrogens with one attached hydrogen (secondary N) is 1. The van der Waals surface area contributed by atoms with E-state index in [2.05, 4.69) is 5.32 Å². The Morgan fingerprint density at radius 1 is 1.08 bits per heavy atom. The summed E-state index contributed by atoms with van der Waals surface area (Å²) in [6.45, 7) is 1.46. The second-order valence-electron chi connectivity index (χ2n) is 5.61. The van der Waals surface area contributed by atoms with Gasteiger partial charge >= 0.3 is 6.09 Å². The van der Waals surface area contributed by atoms with Crippen molar-refractivity contribution in [3.05, 3.63) is 59.7 Å². The van der Waals surface area contributed by atoms with Crippen LogP contribution in [0.2, 0.25) is 0 Å². The third-order valence-corrected chi connectivity index (χ3v) is 3.68. The lowest BCUT2D eigenvalue weighted by Crippen LogP contribution is -2.18. The van der Waals surface area contributed by atoms with Gasteiger partial charge in [0.25, 0.3) is 0 Å². The quantitative estimate of drug-likeness (QED) is 0.667. The Kier molecular flexibility index (Phi) is 6.54. The molecule has 0 spiro atoms. The monoisotopic (exact) mass is 343 g/mol. The van der Waals surface area contributed by atoms with Crippen LogP contribution in [0.4, 0.5) is 10.5 Å². The van der Waals surface area contributed by atoms with Crippen molar-refractivity contribution in [3.8, 4) is 5.75 Å². The highest BCUT2D eigenvalue weighted by atomic mass is 16.6. The largest absolute Gasteiger partial charge is 0.508 e. The van der Waals surface area contributed by atoms with E-state index in [1.165, 1.54) is 19.1 Å². The van der Waals surface area contributed by atoms with Gasteiger partial charge < -0.3 is 14.9 Å². The van der Waals surface area contributed by atoms with Crippen molar-refractivity contribution in [2.75, 3.05) is 11.9 Å². The van der Waals surface area contributed by atoms with Crippen LogP contribution in [0, 0.1) is 0 Å². The molecule has 0 aliphatic carbocycles. The molecule has 0 fully saturated rings. The zero-order valence-electron chi connectivity index (χ0n) is 13.9. The van der Waals surface area contributed by atoms with E-state index in [9.17, 15) is 14.7 Å². The van der Waals surface area contributed by atoms with Gasteiger partial charge in [-0.1, -0.05) is 12.1 Å². The zero-order valence-corrected chi connectivity index (χ0v) is 13.9. The summed E-state index contributed by atoms with van der Waals surface area (Å²) in [5, 5.41) is 21.0. The van der Waals surface area contributed by atoms with Crippen LogP contribution in [0.1, 0.15) is 41.8 Å². The summed E-state index contributed by atoms with van der Waals surface area (Å²) in [7, 11) is 0. The number of ketones is 1. The van der Waals surface area contributed by atoms with E-state index < -0.39 is 12.2 Å². The first-order valence-corrected chi connectivity index (χ1v) is 7.98. The van der Waals surface area contributed by atoms with Gasteiger partial charge in [0, 0.05) is 17.9 Å². The minimum atomic E-state index is -0.633. The van der Waals surface area contributed by atoms with Gasteiger partial charge in [0.15, 0.2) is 5.78 Å². The highest BCUT2D eigenvalue weighted by molar-refractivity contribution is 5.94. The number of Topliss-reactive ketones (excluding diaryl/α,β-unsaturated/α-hetero) is 1. The lowest BCUT2D eigenvalue weighted by molar-refractivity contribution is 0.0993. The average Bonchev–Trinajstić information content (AvgIpc) is 2.60. The summed E-state index contributed by atoms with van der Waals surface area (Å²) in [6.07, 6.45) is -0.236. The van der Waals surface area contributed by atoms with Crippen molar-refractivity contribution >= 4 is 17.6 Å². The van der Waals surface area contributed by atoms with E-state index in [1.807, 2.05) is 0 Å². The van der Waals surface area contributed by atoms with E-state index in [0.29, 0.717) is 24.1 Å². The Morgan fingerprint density at radius 3 is 2.28 bits per heavy atom. The number of benzene rings is 2. The molecule has 0 aliphatic rings. The number of aromatic hydroxyl groups is 1. The fraction of sp³-hybridized carbons (Fsp3) is 0.263. The number of amides is 1. The number of aliphatic hydroxyl groups excluding tert-OH is 1. The predicted octanol–water partition coefficient (Wildman–Crippen LogP) is 3.66. The van der Waals surface area contributed by atoms with Crippen molar-refractivity contribution in [1.82, 2.24) is 0 Å². The van der Waals surface area contributed by atoms with Crippen LogP contribution in [0.15, 0.2) is 48.5 Å². The molecular formula is C19H21NO5. The lowest BCUT2D eigenvalue weighted by Gasteiger charge is -2.18. The van der Waals surface area contributed by atoms with Crippen LogP contribution in [-0.2, 0) is 4.74 Å². The Bertz CT molecular complexity index is 710. The van der Waals surface area contributed by atoms with Gasteiger partial charge in [0.1, 0.15) is 11.9 Å². The molecule has 0 bridgehead atoms. The van der Waals surface area contributed by atoms with E-state index in [-0.39, 0.29) is 18.1 Å². The smallest absolute Gasteiger partial charge is 0.412 e. The van der Waals surface area contributed by atoms with Gasteiger partial charge in [-0.05, 0) is 61.7 Å². The zero-order chi connectivity index (χ0) is 18.2. The molecule has 0 saturated carbocycles. The molecule has 0 aliphatic heterocycles. The summed E-state index contributed by atoms with van der Waals surface area (Å²) in [5.74, 6) is 0.0743. The Morgan fingerprint density at radius 2 is 1.72 bits per heavy atom. The van der Waals surface area contributed by atoms with Gasteiger partial charge in [-0.25, -0.2) is 4.79 Å². The molecule has 3 N–H and O–H groups in total. The number of carbonyl (C=O) groups is 2. The third-order valence-electron chi connectivity index (χ3n) is 3.68. The van der Waals surface area contributed by atoms with Crippen LogP contribution in [0.25, 0.3) is 0 Å². The maximum Gasteiger partial charge on any atom is 0.412 e. The molecule has 0 saturated heterocycles. The molecule has 0 heterocycles. The van der Waals surface area contributed by atoms with E-state index >= 15 is 0 Å². The molecule has 25 heavy (non-hydrogen) atoms. The lowest BCUT2D eigenvalue weighted by atomic mass is 10.0. The van der Waals surface area contributed by atoms with Crippen molar-refractivity contribution < 1.29 is 24.5 Å². The van der Waals surface area contributed by atoms with Gasteiger partial charge in [-0.15, -0.1) is 0 Å². The van der Waals surface area contributed by atoms with Crippen molar-refractivity contribution in [1.29, 1.82) is 0 Å². The molecule has 2 aromatic carbocycles. The highest BCUT2D eigenvalue weighted by Crippen LogP contribution is 2.25.